The molecular weight excluding hydrogens is 628 g/mol. The van der Waals surface area contributed by atoms with Crippen molar-refractivity contribution < 1.29 is 58.2 Å². The smallest absolute Gasteiger partial charge is 0.437 e. The number of aromatic nitrogens is 1. The summed E-state index contributed by atoms with van der Waals surface area (Å²) in [5.74, 6) is -3.66. The van der Waals surface area contributed by atoms with Gasteiger partial charge in [0, 0.05) is 18.7 Å². The standard InChI is InChI=1S/C28H26F8N2O5S/c29-18-2-1-3-19(13-18)44(42,43)25-10-11-38(23(39)15-4-6-16(7-5-15)24(40)41)22(25)9-8-17-12-21(37-14-20(17)25)26(30,27(31,32)33)28(34,35)36/h1-3,12-16,22H,4-11H2,(H,40,41). The second-order valence-electron chi connectivity index (χ2n) is 11.5. The van der Waals surface area contributed by atoms with E-state index in [0.29, 0.717) is 6.20 Å². The summed E-state index contributed by atoms with van der Waals surface area (Å²) in [6.45, 7) is -0.170. The van der Waals surface area contributed by atoms with E-state index in [4.69, 9.17) is 0 Å². The van der Waals surface area contributed by atoms with Gasteiger partial charge in [-0.3, -0.25) is 14.6 Å². The molecule has 2 atom stereocenters. The van der Waals surface area contributed by atoms with Gasteiger partial charge in [-0.2, -0.15) is 26.3 Å². The first-order valence-electron chi connectivity index (χ1n) is 13.7. The normalized spacial score (nSPS) is 26.2. The molecule has 1 N–H and O–H groups in total. The molecule has 7 nitrogen and oxygen atoms in total. The largest absolute Gasteiger partial charge is 0.481 e. The van der Waals surface area contributed by atoms with E-state index in [1.165, 1.54) is 4.90 Å². The summed E-state index contributed by atoms with van der Waals surface area (Å²) < 4.78 is 137. The van der Waals surface area contributed by atoms with Crippen molar-refractivity contribution in [3.8, 4) is 0 Å². The number of hydrogen-bond acceptors (Lipinski definition) is 5. The molecule has 44 heavy (non-hydrogen) atoms. The number of carbonyl (C=O) groups excluding carboxylic acids is 1. The number of alkyl halides is 7. The highest BCUT2D eigenvalue weighted by atomic mass is 32.2. The molecule has 5 rings (SSSR count). The molecular formula is C28H26F8N2O5S. The molecule has 2 aliphatic carbocycles. The number of carbonyl (C=O) groups is 2. The van der Waals surface area contributed by atoms with Gasteiger partial charge in [-0.1, -0.05) is 6.07 Å². The summed E-state index contributed by atoms with van der Waals surface area (Å²) in [7, 11) is -4.71. The van der Waals surface area contributed by atoms with Crippen molar-refractivity contribution in [3.05, 3.63) is 59.2 Å². The number of aliphatic carboxylic acids is 1. The molecule has 1 aromatic heterocycles. The Bertz CT molecular complexity index is 1570. The van der Waals surface area contributed by atoms with Crippen molar-refractivity contribution in [1.82, 2.24) is 9.88 Å². The van der Waals surface area contributed by atoms with Crippen molar-refractivity contribution in [3.63, 3.8) is 0 Å². The Balaban J connectivity index is 1.63. The molecule has 1 amide bonds. The Morgan fingerprint density at radius 3 is 2.11 bits per heavy atom. The number of carboxylic acids is 1. The summed E-state index contributed by atoms with van der Waals surface area (Å²) in [4.78, 5) is 29.1. The lowest BCUT2D eigenvalue weighted by Gasteiger charge is -2.43. The van der Waals surface area contributed by atoms with Gasteiger partial charge in [0.1, 0.15) is 10.6 Å². The Morgan fingerprint density at radius 2 is 1.55 bits per heavy atom. The molecule has 2 aromatic rings. The lowest BCUT2D eigenvalue weighted by molar-refractivity contribution is -0.350. The molecule has 2 fully saturated rings. The van der Waals surface area contributed by atoms with Gasteiger partial charge in [0.25, 0.3) is 0 Å². The van der Waals surface area contributed by atoms with Crippen molar-refractivity contribution in [2.24, 2.45) is 11.8 Å². The van der Waals surface area contributed by atoms with Gasteiger partial charge in [0.2, 0.25) is 5.91 Å². The summed E-state index contributed by atoms with van der Waals surface area (Å²) in [6.07, 6.45) is -12.4. The van der Waals surface area contributed by atoms with E-state index in [1.807, 2.05) is 0 Å². The zero-order valence-electron chi connectivity index (χ0n) is 22.8. The number of aryl methyl sites for hydroxylation is 1. The number of benzene rings is 1. The third kappa shape index (κ3) is 4.74. The van der Waals surface area contributed by atoms with Gasteiger partial charge in [0.05, 0.1) is 22.5 Å². The molecule has 240 valence electrons. The maximum atomic E-state index is 14.9. The topological polar surface area (TPSA) is 105 Å². The van der Waals surface area contributed by atoms with Crippen LogP contribution in [-0.4, -0.2) is 60.2 Å². The van der Waals surface area contributed by atoms with Gasteiger partial charge in [-0.05, 0) is 80.3 Å². The Kier molecular flexibility index (Phi) is 7.77. The van der Waals surface area contributed by atoms with Crippen LogP contribution in [0.1, 0.15) is 55.3 Å². The molecule has 1 saturated heterocycles. The highest BCUT2D eigenvalue weighted by Crippen LogP contribution is 2.56. The molecule has 0 radical (unpaired) electrons. The molecule has 1 aliphatic heterocycles. The summed E-state index contributed by atoms with van der Waals surface area (Å²) >= 11 is 0. The lowest BCUT2D eigenvalue weighted by atomic mass is 9.78. The van der Waals surface area contributed by atoms with Gasteiger partial charge >= 0.3 is 24.0 Å². The van der Waals surface area contributed by atoms with E-state index in [2.05, 4.69) is 4.98 Å². The SMILES string of the molecule is O=C(O)C1CCC(C(=O)N2CCC3(S(=O)(=O)c4cccc(F)c4)c4cnc(C(F)(C(F)(F)F)C(F)(F)F)cc4CCC23)CC1. The number of rotatable bonds is 5. The van der Waals surface area contributed by atoms with E-state index in [-0.39, 0.29) is 68.7 Å². The monoisotopic (exact) mass is 654 g/mol. The number of halogens is 8. The summed E-state index contributed by atoms with van der Waals surface area (Å²) in [5, 5.41) is 9.29. The number of fused-ring (bicyclic) bond motifs is 3. The Morgan fingerprint density at radius 1 is 0.932 bits per heavy atom. The first kappa shape index (κ1) is 32.1. The minimum Gasteiger partial charge on any atom is -0.481 e. The molecule has 3 aliphatic rings. The average Bonchev–Trinajstić information content (AvgIpc) is 3.36. The average molecular weight is 655 g/mol. The molecule has 0 spiro atoms. The van der Waals surface area contributed by atoms with Crippen LogP contribution in [0.5, 0.6) is 0 Å². The van der Waals surface area contributed by atoms with Crippen LogP contribution in [0.3, 0.4) is 0 Å². The van der Waals surface area contributed by atoms with Crippen molar-refractivity contribution in [2.45, 2.75) is 78.7 Å². The Labute approximate surface area is 246 Å². The van der Waals surface area contributed by atoms with E-state index < -0.39 is 78.8 Å². The van der Waals surface area contributed by atoms with Crippen LogP contribution in [0.25, 0.3) is 0 Å². The van der Waals surface area contributed by atoms with Crippen LogP contribution in [0.2, 0.25) is 0 Å². The first-order valence-corrected chi connectivity index (χ1v) is 15.2. The van der Waals surface area contributed by atoms with Crippen molar-refractivity contribution >= 4 is 21.7 Å². The zero-order valence-corrected chi connectivity index (χ0v) is 23.6. The Hall–Kier alpha value is -3.30. The van der Waals surface area contributed by atoms with E-state index in [1.54, 1.807) is 0 Å². The second kappa shape index (κ2) is 10.7. The van der Waals surface area contributed by atoms with E-state index in [9.17, 15) is 58.2 Å². The fraction of sp³-hybridized carbons (Fsp3) is 0.536. The molecule has 2 unspecified atom stereocenters. The van der Waals surface area contributed by atoms with Crippen LogP contribution >= 0.6 is 0 Å². The van der Waals surface area contributed by atoms with Crippen molar-refractivity contribution in [2.75, 3.05) is 6.54 Å². The maximum absolute atomic E-state index is 14.9. The number of likely N-dealkylation sites (tertiary alicyclic amines) is 1. The van der Waals surface area contributed by atoms with Crippen LogP contribution in [0.4, 0.5) is 35.1 Å². The fourth-order valence-electron chi connectivity index (χ4n) is 6.97. The van der Waals surface area contributed by atoms with Crippen LogP contribution in [-0.2, 0) is 36.3 Å². The number of hydrogen-bond donors (Lipinski definition) is 1. The number of pyridine rings is 1. The van der Waals surface area contributed by atoms with Crippen LogP contribution < -0.4 is 0 Å². The molecule has 0 bridgehead atoms. The highest BCUT2D eigenvalue weighted by molar-refractivity contribution is 7.92. The second-order valence-corrected chi connectivity index (χ2v) is 13.7. The molecule has 1 saturated carbocycles. The lowest BCUT2D eigenvalue weighted by Crippen LogP contribution is -2.54. The van der Waals surface area contributed by atoms with Crippen LogP contribution in [0, 0.1) is 17.7 Å². The van der Waals surface area contributed by atoms with Crippen LogP contribution in [0.15, 0.2) is 41.4 Å². The van der Waals surface area contributed by atoms with Gasteiger partial charge in [-0.15, -0.1) is 0 Å². The third-order valence-electron chi connectivity index (χ3n) is 9.20. The number of sulfone groups is 1. The van der Waals surface area contributed by atoms with Gasteiger partial charge in [-0.25, -0.2) is 17.2 Å². The quantitative estimate of drug-likeness (QED) is 0.420. The minimum atomic E-state index is -6.44. The summed E-state index contributed by atoms with van der Waals surface area (Å²) in [5.41, 5.74) is -8.46. The number of amides is 1. The summed E-state index contributed by atoms with van der Waals surface area (Å²) in [6, 6.07) is 2.99. The maximum Gasteiger partial charge on any atom is 0.437 e. The number of carboxylic acid groups (broad SMARTS) is 1. The molecule has 16 heteroatoms. The molecule has 2 heterocycles. The van der Waals surface area contributed by atoms with E-state index in [0.717, 1.165) is 24.3 Å². The highest BCUT2D eigenvalue weighted by Gasteiger charge is 2.75. The molecule has 1 aromatic carbocycles. The predicted octanol–water partition coefficient (Wildman–Crippen LogP) is 5.62. The predicted molar refractivity (Wildman–Crippen MR) is 136 cm³/mol. The zero-order chi connectivity index (χ0) is 32.5. The fourth-order valence-corrected chi connectivity index (χ4v) is 9.35. The number of nitrogens with zero attached hydrogens (tertiary/aromatic N) is 2. The van der Waals surface area contributed by atoms with Crippen molar-refractivity contribution in [1.29, 1.82) is 0 Å². The van der Waals surface area contributed by atoms with Gasteiger partial charge < -0.3 is 10.0 Å². The first-order chi connectivity index (χ1) is 20.4. The third-order valence-corrected chi connectivity index (χ3v) is 11.7. The van der Waals surface area contributed by atoms with Gasteiger partial charge in [0.15, 0.2) is 9.84 Å². The van der Waals surface area contributed by atoms with E-state index >= 15 is 0 Å². The minimum absolute atomic E-state index is 0.170.